The summed E-state index contributed by atoms with van der Waals surface area (Å²) in [5, 5.41) is 0. The Kier molecular flexibility index (Phi) is 45.9. The zero-order valence-corrected chi connectivity index (χ0v) is 30.0. The van der Waals surface area contributed by atoms with E-state index in [1.165, 1.54) is 6.26 Å². The average Bonchev–Trinajstić information content (AvgIpc) is 3.11. The van der Waals surface area contributed by atoms with Gasteiger partial charge in [0.1, 0.15) is 6.61 Å². The van der Waals surface area contributed by atoms with Crippen molar-refractivity contribution in [2.45, 2.75) is 0 Å². The molecule has 0 bridgehead atoms. The third-order valence-corrected chi connectivity index (χ3v) is 5.73. The van der Waals surface area contributed by atoms with Gasteiger partial charge in [0.15, 0.2) is 0 Å². The Labute approximate surface area is 294 Å². The van der Waals surface area contributed by atoms with Crippen LogP contribution < -0.4 is 0 Å². The first-order valence-corrected chi connectivity index (χ1v) is 17.2. The first-order chi connectivity index (χ1) is 24.4. The molecule has 0 atom stereocenters. The van der Waals surface area contributed by atoms with E-state index in [0.717, 1.165) is 0 Å². The summed E-state index contributed by atoms with van der Waals surface area (Å²) in [5.74, 6) is 0. The van der Waals surface area contributed by atoms with Gasteiger partial charge in [-0.25, -0.2) is 0 Å². The summed E-state index contributed by atoms with van der Waals surface area (Å²) in [4.78, 5) is 0. The molecule has 0 aliphatic carbocycles. The van der Waals surface area contributed by atoms with Crippen molar-refractivity contribution in [1.29, 1.82) is 0 Å². The van der Waals surface area contributed by atoms with E-state index in [4.69, 9.17) is 75.8 Å². The van der Waals surface area contributed by atoms with Gasteiger partial charge in [0.05, 0.1) is 198 Å². The summed E-state index contributed by atoms with van der Waals surface area (Å²) in [6, 6.07) is 0. The van der Waals surface area contributed by atoms with Crippen LogP contribution >= 0.6 is 0 Å². The summed E-state index contributed by atoms with van der Waals surface area (Å²) in [5.41, 5.74) is 0. The van der Waals surface area contributed by atoms with Crippen molar-refractivity contribution in [2.24, 2.45) is 0 Å². The molecule has 0 aromatic heterocycles. The molecule has 16 nitrogen and oxygen atoms in total. The largest absolute Gasteiger partial charge is 0.499 e. The van der Waals surface area contributed by atoms with Gasteiger partial charge in [-0.1, -0.05) is 6.58 Å². The van der Waals surface area contributed by atoms with Crippen LogP contribution in [-0.2, 0) is 75.8 Å². The van der Waals surface area contributed by atoms with Crippen LogP contribution in [0.3, 0.4) is 0 Å². The van der Waals surface area contributed by atoms with E-state index in [-0.39, 0.29) is 0 Å². The molecule has 0 N–H and O–H groups in total. The van der Waals surface area contributed by atoms with Gasteiger partial charge in [0.2, 0.25) is 0 Å². The third-order valence-electron chi connectivity index (χ3n) is 5.73. The Hall–Kier alpha value is -1.06. The molecule has 0 rings (SSSR count). The molecule has 0 unspecified atom stereocenters. The Morgan fingerprint density at radius 1 is 0.245 bits per heavy atom. The predicted octanol–water partition coefficient (Wildman–Crippen LogP) is 1.03. The van der Waals surface area contributed by atoms with Gasteiger partial charge in [-0.15, -0.1) is 0 Å². The van der Waals surface area contributed by atoms with Gasteiger partial charge in [0.25, 0.3) is 0 Å². The molecule has 294 valence electrons. The molecule has 0 fully saturated rings. The maximum atomic E-state index is 5.48. The van der Waals surface area contributed by atoms with Crippen molar-refractivity contribution in [3.63, 3.8) is 0 Å². The van der Waals surface area contributed by atoms with Crippen LogP contribution in [-0.4, -0.2) is 205 Å². The van der Waals surface area contributed by atoms with Crippen molar-refractivity contribution in [1.82, 2.24) is 0 Å². The molecule has 0 aliphatic heterocycles. The minimum Gasteiger partial charge on any atom is -0.499 e. The second kappa shape index (κ2) is 46.9. The predicted molar refractivity (Wildman–Crippen MR) is 179 cm³/mol. The highest BCUT2D eigenvalue weighted by atomic mass is 16.6. The van der Waals surface area contributed by atoms with Crippen LogP contribution in [0.2, 0.25) is 0 Å². The van der Waals surface area contributed by atoms with Gasteiger partial charge < -0.3 is 75.8 Å². The zero-order valence-electron chi connectivity index (χ0n) is 30.0. The SMILES string of the molecule is C=COCCOCCOCCOCCOCCOCCOCCOCCOCCOCCOCCOCCOCCOCCOCCOC. The van der Waals surface area contributed by atoms with Crippen LogP contribution in [0.5, 0.6) is 0 Å². The fraction of sp³-hybridized carbons (Fsp3) is 0.939. The molecule has 0 saturated heterocycles. The summed E-state index contributed by atoms with van der Waals surface area (Å²) in [6.45, 7) is 19.0. The molecule has 0 aromatic carbocycles. The van der Waals surface area contributed by atoms with Gasteiger partial charge in [-0.05, 0) is 0 Å². The highest BCUT2D eigenvalue weighted by Crippen LogP contribution is 1.88. The second-order valence-electron chi connectivity index (χ2n) is 9.60. The number of methoxy groups -OCH3 is 1. The number of hydrogen-bond acceptors (Lipinski definition) is 16. The smallest absolute Gasteiger partial charge is 0.111 e. The van der Waals surface area contributed by atoms with Crippen molar-refractivity contribution < 1.29 is 75.8 Å². The Balaban J connectivity index is 3.04. The maximum Gasteiger partial charge on any atom is 0.111 e. The molecule has 0 aliphatic rings. The number of rotatable bonds is 46. The van der Waals surface area contributed by atoms with E-state index < -0.39 is 0 Å². The molecule has 16 heteroatoms. The first kappa shape index (κ1) is 47.9. The molecular weight excluding hydrogens is 652 g/mol. The van der Waals surface area contributed by atoms with Crippen molar-refractivity contribution in [3.05, 3.63) is 12.8 Å². The van der Waals surface area contributed by atoms with Crippen LogP contribution in [0.1, 0.15) is 0 Å². The van der Waals surface area contributed by atoms with Crippen LogP contribution in [0.25, 0.3) is 0 Å². The fourth-order valence-corrected chi connectivity index (χ4v) is 3.29. The van der Waals surface area contributed by atoms with Gasteiger partial charge in [-0.3, -0.25) is 0 Å². The molecule has 0 amide bonds. The second-order valence-corrected chi connectivity index (χ2v) is 9.60. The van der Waals surface area contributed by atoms with E-state index in [2.05, 4.69) is 6.58 Å². The van der Waals surface area contributed by atoms with Crippen molar-refractivity contribution >= 4 is 0 Å². The molecular formula is C33H66O16. The average molecular weight is 719 g/mol. The van der Waals surface area contributed by atoms with Crippen LogP contribution in [0.4, 0.5) is 0 Å². The van der Waals surface area contributed by atoms with Gasteiger partial charge >= 0.3 is 0 Å². The van der Waals surface area contributed by atoms with Gasteiger partial charge in [0, 0.05) is 7.11 Å². The first-order valence-electron chi connectivity index (χ1n) is 17.2. The lowest BCUT2D eigenvalue weighted by Crippen LogP contribution is -2.15. The Bertz CT molecular complexity index is 593. The minimum absolute atomic E-state index is 0.499. The maximum absolute atomic E-state index is 5.48. The lowest BCUT2D eigenvalue weighted by Gasteiger charge is -2.09. The molecule has 0 saturated carbocycles. The lowest BCUT2D eigenvalue weighted by atomic mass is 10.6. The topological polar surface area (TPSA) is 148 Å². The fourth-order valence-electron chi connectivity index (χ4n) is 3.29. The van der Waals surface area contributed by atoms with E-state index in [0.29, 0.717) is 198 Å². The van der Waals surface area contributed by atoms with Gasteiger partial charge in [-0.2, -0.15) is 0 Å². The quantitative estimate of drug-likeness (QED) is 0.0651. The lowest BCUT2D eigenvalue weighted by molar-refractivity contribution is -0.0300. The van der Waals surface area contributed by atoms with Crippen LogP contribution in [0, 0.1) is 0 Å². The highest BCUT2D eigenvalue weighted by molar-refractivity contribution is 4.48. The summed E-state index contributed by atoms with van der Waals surface area (Å²) >= 11 is 0. The Morgan fingerprint density at radius 3 is 0.531 bits per heavy atom. The number of hydrogen-bond donors (Lipinski definition) is 0. The third kappa shape index (κ3) is 46.9. The monoisotopic (exact) mass is 718 g/mol. The van der Waals surface area contributed by atoms with Crippen molar-refractivity contribution in [2.75, 3.05) is 205 Å². The number of ether oxygens (including phenoxy) is 16. The van der Waals surface area contributed by atoms with Crippen molar-refractivity contribution in [3.8, 4) is 0 Å². The zero-order chi connectivity index (χ0) is 35.2. The van der Waals surface area contributed by atoms with E-state index >= 15 is 0 Å². The van der Waals surface area contributed by atoms with E-state index in [9.17, 15) is 0 Å². The summed E-state index contributed by atoms with van der Waals surface area (Å²) in [6.07, 6.45) is 1.39. The highest BCUT2D eigenvalue weighted by Gasteiger charge is 1.97. The molecule has 0 radical (unpaired) electrons. The standard InChI is InChI=1S/C33H66O16/c1-3-35-6-7-37-10-11-39-14-15-41-18-19-43-22-23-45-26-27-47-30-31-49-33-32-48-29-28-46-25-24-44-21-20-42-17-16-40-13-12-38-9-8-36-5-4-34-2/h3H,1,4-33H2,2H3. The molecule has 0 heterocycles. The molecule has 0 aromatic rings. The molecule has 0 spiro atoms. The van der Waals surface area contributed by atoms with Crippen LogP contribution in [0.15, 0.2) is 12.8 Å². The van der Waals surface area contributed by atoms with E-state index in [1.807, 2.05) is 0 Å². The summed E-state index contributed by atoms with van der Waals surface area (Å²) in [7, 11) is 1.64. The minimum atomic E-state index is 0.499. The van der Waals surface area contributed by atoms with E-state index in [1.54, 1.807) is 7.11 Å². The summed E-state index contributed by atoms with van der Waals surface area (Å²) < 4.78 is 85.9. The molecule has 49 heavy (non-hydrogen) atoms. The Morgan fingerprint density at radius 2 is 0.388 bits per heavy atom. The normalized spacial score (nSPS) is 11.4.